The predicted octanol–water partition coefficient (Wildman–Crippen LogP) is 5.14. The quantitative estimate of drug-likeness (QED) is 0.761. The molecule has 2 rings (SSSR count). The van der Waals surface area contributed by atoms with E-state index in [-0.39, 0.29) is 5.75 Å². The highest BCUT2D eigenvalue weighted by Crippen LogP contribution is 2.31. The van der Waals surface area contributed by atoms with Crippen molar-refractivity contribution in [3.63, 3.8) is 0 Å². The van der Waals surface area contributed by atoms with Gasteiger partial charge in [-0.2, -0.15) is 13.2 Å². The third kappa shape index (κ3) is 5.14. The van der Waals surface area contributed by atoms with Crippen LogP contribution in [0.5, 0.6) is 5.75 Å². The fourth-order valence-corrected chi connectivity index (χ4v) is 2.41. The highest BCUT2D eigenvalue weighted by molar-refractivity contribution is 9.10. The van der Waals surface area contributed by atoms with Gasteiger partial charge in [0.1, 0.15) is 5.75 Å². The number of nitrogens with one attached hydrogen (secondary N) is 1. The van der Waals surface area contributed by atoms with Crippen molar-refractivity contribution in [2.45, 2.75) is 6.18 Å². The van der Waals surface area contributed by atoms with Gasteiger partial charge in [0, 0.05) is 4.47 Å². The lowest BCUT2D eigenvalue weighted by atomic mass is 10.2. The molecule has 0 fully saturated rings. The number of benzene rings is 2. The first kappa shape index (κ1) is 17.6. The van der Waals surface area contributed by atoms with Gasteiger partial charge in [-0.05, 0) is 36.4 Å². The molecule has 0 saturated carbocycles. The van der Waals surface area contributed by atoms with Gasteiger partial charge in [-0.3, -0.25) is 4.79 Å². The van der Waals surface area contributed by atoms with Crippen LogP contribution in [0.25, 0.3) is 0 Å². The highest BCUT2D eigenvalue weighted by Gasteiger charge is 2.30. The van der Waals surface area contributed by atoms with E-state index < -0.39 is 24.3 Å². The highest BCUT2D eigenvalue weighted by atomic mass is 79.9. The number of carbonyl (C=O) groups is 1. The molecule has 1 N–H and O–H groups in total. The lowest BCUT2D eigenvalue weighted by Gasteiger charge is -2.11. The van der Waals surface area contributed by atoms with Crippen molar-refractivity contribution in [3.8, 4) is 5.75 Å². The number of anilines is 1. The summed E-state index contributed by atoms with van der Waals surface area (Å²) in [5.74, 6) is -0.580. The summed E-state index contributed by atoms with van der Waals surface area (Å²) in [5, 5.41) is 2.84. The predicted molar refractivity (Wildman–Crippen MR) is 84.7 cm³/mol. The first-order valence-electron chi connectivity index (χ1n) is 6.30. The normalized spacial score (nSPS) is 11.2. The van der Waals surface area contributed by atoms with Gasteiger partial charge in [-0.1, -0.05) is 33.6 Å². The molecule has 0 aliphatic heterocycles. The van der Waals surface area contributed by atoms with E-state index in [0.29, 0.717) is 10.7 Å². The van der Waals surface area contributed by atoms with E-state index in [4.69, 9.17) is 16.3 Å². The zero-order valence-corrected chi connectivity index (χ0v) is 13.8. The van der Waals surface area contributed by atoms with Crippen LogP contribution in [0.3, 0.4) is 0 Å². The molecule has 0 radical (unpaired) electrons. The summed E-state index contributed by atoms with van der Waals surface area (Å²) in [6.45, 7) is -0.437. The van der Waals surface area contributed by atoms with Crippen molar-refractivity contribution in [3.05, 3.63) is 57.5 Å². The minimum Gasteiger partial charge on any atom is -0.484 e. The number of amides is 1. The number of hydrogen-bond donors (Lipinski definition) is 1. The molecule has 0 saturated heterocycles. The fraction of sp³-hybridized carbons (Fsp3) is 0.133. The lowest BCUT2D eigenvalue weighted by molar-refractivity contribution is -0.137. The minimum atomic E-state index is -4.47. The third-order valence-electron chi connectivity index (χ3n) is 2.74. The number of hydrogen-bond acceptors (Lipinski definition) is 2. The second-order valence-corrected chi connectivity index (χ2v) is 5.81. The van der Waals surface area contributed by atoms with Crippen molar-refractivity contribution >= 4 is 39.1 Å². The van der Waals surface area contributed by atoms with Crippen LogP contribution in [0.1, 0.15) is 5.56 Å². The van der Waals surface area contributed by atoms with Crippen molar-refractivity contribution in [1.82, 2.24) is 0 Å². The summed E-state index contributed by atoms with van der Waals surface area (Å²) in [7, 11) is 0. The zero-order chi connectivity index (χ0) is 17.0. The summed E-state index contributed by atoms with van der Waals surface area (Å²) in [6, 6.07) is 9.19. The molecule has 23 heavy (non-hydrogen) atoms. The monoisotopic (exact) mass is 407 g/mol. The fourth-order valence-electron chi connectivity index (χ4n) is 1.69. The molecule has 1 amide bonds. The Balaban J connectivity index is 1.97. The molecule has 0 atom stereocenters. The van der Waals surface area contributed by atoms with Gasteiger partial charge >= 0.3 is 6.18 Å². The molecule has 0 aliphatic carbocycles. The van der Waals surface area contributed by atoms with E-state index in [1.807, 2.05) is 0 Å². The molecule has 8 heteroatoms. The van der Waals surface area contributed by atoms with Crippen LogP contribution >= 0.6 is 27.5 Å². The zero-order valence-electron chi connectivity index (χ0n) is 11.5. The van der Waals surface area contributed by atoms with E-state index in [0.717, 1.165) is 16.6 Å². The van der Waals surface area contributed by atoms with Crippen molar-refractivity contribution in [2.24, 2.45) is 0 Å². The van der Waals surface area contributed by atoms with Crippen LogP contribution in [0.2, 0.25) is 5.02 Å². The Morgan fingerprint density at radius 3 is 2.61 bits per heavy atom. The summed E-state index contributed by atoms with van der Waals surface area (Å²) >= 11 is 9.18. The molecule has 0 heterocycles. The van der Waals surface area contributed by atoms with Crippen molar-refractivity contribution in [1.29, 1.82) is 0 Å². The number of carbonyl (C=O) groups excluding carboxylic acids is 1. The molecule has 0 aliphatic rings. The van der Waals surface area contributed by atoms with Crippen molar-refractivity contribution < 1.29 is 22.7 Å². The molecule has 122 valence electrons. The Morgan fingerprint density at radius 2 is 1.96 bits per heavy atom. The van der Waals surface area contributed by atoms with E-state index in [1.165, 1.54) is 12.1 Å². The Kier molecular flexibility index (Phi) is 5.54. The van der Waals surface area contributed by atoms with Crippen LogP contribution in [0.15, 0.2) is 46.9 Å². The van der Waals surface area contributed by atoms with Gasteiger partial charge in [0.15, 0.2) is 6.61 Å². The number of halogens is 5. The maximum atomic E-state index is 12.6. The number of alkyl halides is 3. The van der Waals surface area contributed by atoms with Crippen LogP contribution in [-0.2, 0) is 11.0 Å². The topological polar surface area (TPSA) is 38.3 Å². The van der Waals surface area contributed by atoms with E-state index in [9.17, 15) is 18.0 Å². The Labute approximate surface area is 143 Å². The molecule has 0 unspecified atom stereocenters. The van der Waals surface area contributed by atoms with Gasteiger partial charge in [0.05, 0.1) is 16.3 Å². The van der Waals surface area contributed by atoms with Crippen LogP contribution < -0.4 is 10.1 Å². The van der Waals surface area contributed by atoms with Gasteiger partial charge in [-0.25, -0.2) is 0 Å². The second-order valence-electron chi connectivity index (χ2n) is 4.49. The Hall–Kier alpha value is -1.73. The minimum absolute atomic E-state index is 0.0446. The summed E-state index contributed by atoms with van der Waals surface area (Å²) < 4.78 is 43.6. The summed E-state index contributed by atoms with van der Waals surface area (Å²) in [5.41, 5.74) is -0.459. The Bertz CT molecular complexity index is 722. The third-order valence-corrected chi connectivity index (χ3v) is 3.54. The van der Waals surface area contributed by atoms with E-state index >= 15 is 0 Å². The number of rotatable bonds is 4. The summed E-state index contributed by atoms with van der Waals surface area (Å²) in [6.07, 6.45) is -4.47. The van der Waals surface area contributed by atoms with Gasteiger partial charge in [0.25, 0.3) is 5.91 Å². The van der Waals surface area contributed by atoms with Crippen LogP contribution in [0, 0.1) is 0 Å². The molecular weight excluding hydrogens is 399 g/mol. The largest absolute Gasteiger partial charge is 0.484 e. The maximum Gasteiger partial charge on any atom is 0.416 e. The smallest absolute Gasteiger partial charge is 0.416 e. The van der Waals surface area contributed by atoms with Crippen LogP contribution in [-0.4, -0.2) is 12.5 Å². The maximum absolute atomic E-state index is 12.6. The van der Waals surface area contributed by atoms with Gasteiger partial charge in [0.2, 0.25) is 0 Å². The van der Waals surface area contributed by atoms with E-state index in [2.05, 4.69) is 21.2 Å². The average molecular weight is 409 g/mol. The molecule has 0 aromatic heterocycles. The number of ether oxygens (including phenoxy) is 1. The molecule has 2 aromatic rings. The SMILES string of the molecule is O=C(COc1cccc(C(F)(F)F)c1)Nc1ccc(Br)cc1Cl. The molecule has 2 aromatic carbocycles. The lowest BCUT2D eigenvalue weighted by Crippen LogP contribution is -2.20. The van der Waals surface area contributed by atoms with Gasteiger partial charge < -0.3 is 10.1 Å². The first-order valence-corrected chi connectivity index (χ1v) is 7.48. The summed E-state index contributed by atoms with van der Waals surface area (Å²) in [4.78, 5) is 11.8. The molecular formula is C15H10BrClF3NO2. The first-order chi connectivity index (χ1) is 10.8. The second kappa shape index (κ2) is 7.23. The van der Waals surface area contributed by atoms with E-state index in [1.54, 1.807) is 18.2 Å². The molecule has 0 spiro atoms. The van der Waals surface area contributed by atoms with Gasteiger partial charge in [-0.15, -0.1) is 0 Å². The standard InChI is InChI=1S/C15H10BrClF3NO2/c16-10-4-5-13(12(17)7-10)21-14(22)8-23-11-3-1-2-9(6-11)15(18,19)20/h1-7H,8H2,(H,21,22). The van der Waals surface area contributed by atoms with Crippen molar-refractivity contribution in [2.75, 3.05) is 11.9 Å². The van der Waals surface area contributed by atoms with Crippen LogP contribution in [0.4, 0.5) is 18.9 Å². The Morgan fingerprint density at radius 1 is 1.22 bits per heavy atom. The molecule has 0 bridgehead atoms. The molecule has 3 nitrogen and oxygen atoms in total. The average Bonchev–Trinajstić information content (AvgIpc) is 2.47.